The molecule has 0 aromatic heterocycles. The molecular formula is C17H24N2O4. The van der Waals surface area contributed by atoms with Gasteiger partial charge >= 0.3 is 5.97 Å². The number of benzene rings is 1. The molecule has 6 heteroatoms. The number of nitrogens with zero attached hydrogens (tertiary/aromatic N) is 1. The highest BCUT2D eigenvalue weighted by molar-refractivity contribution is 5.97. The molecule has 1 N–H and O–H groups in total. The monoisotopic (exact) mass is 320 g/mol. The quantitative estimate of drug-likeness (QED) is 0.816. The molecule has 126 valence electrons. The van der Waals surface area contributed by atoms with E-state index in [1.807, 2.05) is 13.8 Å². The van der Waals surface area contributed by atoms with Crippen molar-refractivity contribution in [1.82, 2.24) is 4.90 Å². The number of anilines is 1. The van der Waals surface area contributed by atoms with Crippen molar-refractivity contribution in [3.05, 3.63) is 29.8 Å². The average Bonchev–Trinajstić information content (AvgIpc) is 2.51. The molecule has 0 atom stereocenters. The third kappa shape index (κ3) is 5.39. The molecule has 1 aromatic carbocycles. The summed E-state index contributed by atoms with van der Waals surface area (Å²) in [5, 5.41) is 2.76. The summed E-state index contributed by atoms with van der Waals surface area (Å²) in [4.78, 5) is 37.0. The van der Waals surface area contributed by atoms with E-state index in [0.717, 1.165) is 0 Å². The molecule has 0 radical (unpaired) electrons. The van der Waals surface area contributed by atoms with E-state index in [-0.39, 0.29) is 30.3 Å². The summed E-state index contributed by atoms with van der Waals surface area (Å²) in [5.41, 5.74) is 1.08. The van der Waals surface area contributed by atoms with Crippen LogP contribution in [0.4, 0.5) is 5.69 Å². The highest BCUT2D eigenvalue weighted by Crippen LogP contribution is 2.14. The first-order valence-electron chi connectivity index (χ1n) is 7.55. The van der Waals surface area contributed by atoms with E-state index in [9.17, 15) is 14.4 Å². The first kappa shape index (κ1) is 18.7. The maximum atomic E-state index is 12.5. The molecule has 0 aliphatic rings. The van der Waals surface area contributed by atoms with Crippen LogP contribution in [0, 0.1) is 5.92 Å². The molecule has 0 fully saturated rings. The largest absolute Gasteiger partial charge is 0.468 e. The lowest BCUT2D eigenvalue weighted by Crippen LogP contribution is -2.41. The molecule has 0 spiro atoms. The lowest BCUT2D eigenvalue weighted by Gasteiger charge is -2.25. The van der Waals surface area contributed by atoms with Crippen molar-refractivity contribution >= 4 is 23.5 Å². The van der Waals surface area contributed by atoms with E-state index in [2.05, 4.69) is 10.1 Å². The SMILES string of the molecule is COC(=O)CN(C(=O)c1ccc(NC(=O)C(C)C)cc1)C(C)C. The average molecular weight is 320 g/mol. The zero-order valence-electron chi connectivity index (χ0n) is 14.3. The normalized spacial score (nSPS) is 10.6. The number of carbonyl (C=O) groups is 3. The number of nitrogens with one attached hydrogen (secondary N) is 1. The Labute approximate surface area is 136 Å². The Morgan fingerprint density at radius 2 is 1.65 bits per heavy atom. The third-order valence-electron chi connectivity index (χ3n) is 3.34. The number of rotatable bonds is 6. The van der Waals surface area contributed by atoms with Gasteiger partial charge in [0.1, 0.15) is 6.54 Å². The minimum Gasteiger partial charge on any atom is -0.468 e. The van der Waals surface area contributed by atoms with Gasteiger partial charge in [-0.15, -0.1) is 0 Å². The zero-order chi connectivity index (χ0) is 17.6. The molecule has 0 heterocycles. The van der Waals surface area contributed by atoms with Crippen molar-refractivity contribution in [2.75, 3.05) is 19.0 Å². The highest BCUT2D eigenvalue weighted by Gasteiger charge is 2.22. The minimum atomic E-state index is -0.465. The van der Waals surface area contributed by atoms with E-state index < -0.39 is 5.97 Å². The molecule has 0 unspecified atom stereocenters. The van der Waals surface area contributed by atoms with E-state index >= 15 is 0 Å². The van der Waals surface area contributed by atoms with E-state index in [0.29, 0.717) is 11.3 Å². The summed E-state index contributed by atoms with van der Waals surface area (Å²) in [6.45, 7) is 7.18. The van der Waals surface area contributed by atoms with Crippen molar-refractivity contribution in [3.63, 3.8) is 0 Å². The number of esters is 1. The molecule has 0 aliphatic carbocycles. The van der Waals surface area contributed by atoms with Crippen molar-refractivity contribution in [3.8, 4) is 0 Å². The molecule has 6 nitrogen and oxygen atoms in total. The first-order chi connectivity index (χ1) is 10.8. The van der Waals surface area contributed by atoms with Crippen molar-refractivity contribution in [2.24, 2.45) is 5.92 Å². The fraction of sp³-hybridized carbons (Fsp3) is 0.471. The number of amides is 2. The lowest BCUT2D eigenvalue weighted by molar-refractivity contribution is -0.141. The van der Waals surface area contributed by atoms with E-state index in [4.69, 9.17) is 0 Å². The molecule has 0 aliphatic heterocycles. The van der Waals surface area contributed by atoms with Crippen LogP contribution in [0.15, 0.2) is 24.3 Å². The summed E-state index contributed by atoms with van der Waals surface area (Å²) in [7, 11) is 1.29. The Balaban J connectivity index is 2.86. The Hall–Kier alpha value is -2.37. The molecule has 1 rings (SSSR count). The van der Waals surface area contributed by atoms with Crippen LogP contribution in [0.1, 0.15) is 38.1 Å². The number of ether oxygens (including phenoxy) is 1. The van der Waals surface area contributed by atoms with Crippen LogP contribution >= 0.6 is 0 Å². The van der Waals surface area contributed by atoms with Gasteiger partial charge in [-0.3, -0.25) is 14.4 Å². The standard InChI is InChI=1S/C17H24N2O4/c1-11(2)16(21)18-14-8-6-13(7-9-14)17(22)19(12(3)4)10-15(20)23-5/h6-9,11-12H,10H2,1-5H3,(H,18,21). The van der Waals surface area contributed by atoms with Gasteiger partial charge in [0, 0.05) is 23.2 Å². The molecule has 1 aromatic rings. The van der Waals surface area contributed by atoms with Gasteiger partial charge < -0.3 is 15.0 Å². The van der Waals surface area contributed by atoms with Crippen molar-refractivity contribution < 1.29 is 19.1 Å². The fourth-order valence-electron chi connectivity index (χ4n) is 1.84. The molecule has 23 heavy (non-hydrogen) atoms. The zero-order valence-corrected chi connectivity index (χ0v) is 14.3. The summed E-state index contributed by atoms with van der Waals surface area (Å²) in [6, 6.07) is 6.46. The second kappa shape index (κ2) is 8.31. The van der Waals surface area contributed by atoms with Gasteiger partial charge in [0.25, 0.3) is 5.91 Å². The maximum absolute atomic E-state index is 12.5. The highest BCUT2D eigenvalue weighted by atomic mass is 16.5. The molecule has 0 saturated carbocycles. The summed E-state index contributed by atoms with van der Waals surface area (Å²) in [6.07, 6.45) is 0. The van der Waals surface area contributed by atoms with Crippen LogP contribution < -0.4 is 5.32 Å². The van der Waals surface area contributed by atoms with Gasteiger partial charge in [0.15, 0.2) is 0 Å². The fourth-order valence-corrected chi connectivity index (χ4v) is 1.84. The number of methoxy groups -OCH3 is 1. The second-order valence-corrected chi connectivity index (χ2v) is 5.82. The summed E-state index contributed by atoms with van der Waals surface area (Å²) in [5.74, 6) is -0.925. The Bertz CT molecular complexity index is 564. The third-order valence-corrected chi connectivity index (χ3v) is 3.34. The Kier molecular flexibility index (Phi) is 6.75. The van der Waals surface area contributed by atoms with Crippen LogP contribution in [-0.4, -0.2) is 42.4 Å². The smallest absolute Gasteiger partial charge is 0.325 e. The van der Waals surface area contributed by atoms with Crippen molar-refractivity contribution in [2.45, 2.75) is 33.7 Å². The van der Waals surface area contributed by atoms with Crippen LogP contribution in [0.5, 0.6) is 0 Å². The van der Waals surface area contributed by atoms with Crippen LogP contribution in [-0.2, 0) is 14.3 Å². The molecule has 2 amide bonds. The Morgan fingerprint density at radius 1 is 1.09 bits per heavy atom. The van der Waals surface area contributed by atoms with Gasteiger partial charge in [0.05, 0.1) is 7.11 Å². The maximum Gasteiger partial charge on any atom is 0.325 e. The van der Waals surface area contributed by atoms with Crippen LogP contribution in [0.25, 0.3) is 0 Å². The summed E-state index contributed by atoms with van der Waals surface area (Å²) >= 11 is 0. The number of hydrogen-bond acceptors (Lipinski definition) is 4. The second-order valence-electron chi connectivity index (χ2n) is 5.82. The van der Waals surface area contributed by atoms with Gasteiger partial charge in [0.2, 0.25) is 5.91 Å². The molecule has 0 bridgehead atoms. The predicted octanol–water partition coefficient (Wildman–Crippen LogP) is 2.30. The topological polar surface area (TPSA) is 75.7 Å². The van der Waals surface area contributed by atoms with E-state index in [1.54, 1.807) is 38.1 Å². The number of carbonyl (C=O) groups excluding carboxylic acids is 3. The molecular weight excluding hydrogens is 296 g/mol. The molecule has 0 saturated heterocycles. The van der Waals surface area contributed by atoms with Gasteiger partial charge in [-0.25, -0.2) is 0 Å². The van der Waals surface area contributed by atoms with Crippen molar-refractivity contribution in [1.29, 1.82) is 0 Å². The predicted molar refractivity (Wildman–Crippen MR) is 88.1 cm³/mol. The van der Waals surface area contributed by atoms with Gasteiger partial charge in [-0.2, -0.15) is 0 Å². The minimum absolute atomic E-state index is 0.0847. The van der Waals surface area contributed by atoms with Crippen LogP contribution in [0.3, 0.4) is 0 Å². The summed E-state index contributed by atoms with van der Waals surface area (Å²) < 4.78 is 4.62. The van der Waals surface area contributed by atoms with Gasteiger partial charge in [-0.05, 0) is 38.1 Å². The first-order valence-corrected chi connectivity index (χ1v) is 7.55. The van der Waals surface area contributed by atoms with Crippen LogP contribution in [0.2, 0.25) is 0 Å². The van der Waals surface area contributed by atoms with E-state index in [1.165, 1.54) is 12.0 Å². The van der Waals surface area contributed by atoms with Gasteiger partial charge in [-0.1, -0.05) is 13.8 Å². The Morgan fingerprint density at radius 3 is 2.09 bits per heavy atom. The number of hydrogen-bond donors (Lipinski definition) is 1. The lowest BCUT2D eigenvalue weighted by atomic mass is 10.1.